The number of piperidine rings is 1. The van der Waals surface area contributed by atoms with Crippen LogP contribution in [0.4, 0.5) is 0 Å². The van der Waals surface area contributed by atoms with Gasteiger partial charge in [-0.1, -0.05) is 12.1 Å². The minimum absolute atomic E-state index is 0.00340. The number of nitrogens with zero attached hydrogens (tertiary/aromatic N) is 1. The van der Waals surface area contributed by atoms with Crippen LogP contribution in [-0.2, 0) is 39.7 Å². The molecule has 1 atom stereocenters. The van der Waals surface area contributed by atoms with E-state index in [2.05, 4.69) is 5.32 Å². The largest absolute Gasteiger partial charge is 0.394 e. The molecule has 0 aliphatic carbocycles. The van der Waals surface area contributed by atoms with Crippen LogP contribution in [0.3, 0.4) is 0 Å². The highest BCUT2D eigenvalue weighted by atomic mass is 16.6. The molecule has 12 heteroatoms. The number of hydrogen-bond donors (Lipinski definition) is 2. The fourth-order valence-electron chi connectivity index (χ4n) is 4.20. The van der Waals surface area contributed by atoms with Crippen LogP contribution < -0.4 is 5.32 Å². The van der Waals surface area contributed by atoms with E-state index < -0.39 is 29.7 Å². The van der Waals surface area contributed by atoms with Gasteiger partial charge in [0.25, 0.3) is 11.8 Å². The summed E-state index contributed by atoms with van der Waals surface area (Å²) in [5, 5.41) is 10.8. The summed E-state index contributed by atoms with van der Waals surface area (Å²) in [6.45, 7) is 4.34. The summed E-state index contributed by atoms with van der Waals surface area (Å²) in [6.07, 6.45) is 1.40. The first-order valence-electron chi connectivity index (χ1n) is 12.9. The summed E-state index contributed by atoms with van der Waals surface area (Å²) >= 11 is 0. The molecule has 2 heterocycles. The van der Waals surface area contributed by atoms with Gasteiger partial charge in [-0.25, -0.2) is 0 Å². The van der Waals surface area contributed by atoms with Gasteiger partial charge in [0.2, 0.25) is 11.8 Å². The Kier molecular flexibility index (Phi) is 12.8. The fourth-order valence-corrected chi connectivity index (χ4v) is 4.20. The second-order valence-electron chi connectivity index (χ2n) is 8.68. The maximum atomic E-state index is 13.1. The number of fused-ring (bicyclic) bond motifs is 1. The minimum atomic E-state index is -0.974. The van der Waals surface area contributed by atoms with Gasteiger partial charge in [0.15, 0.2) is 0 Å². The van der Waals surface area contributed by atoms with E-state index in [1.165, 1.54) is 0 Å². The van der Waals surface area contributed by atoms with E-state index >= 15 is 0 Å². The van der Waals surface area contributed by atoms with Gasteiger partial charge < -0.3 is 28.8 Å². The number of aryl methyl sites for hydroxylation is 1. The molecule has 2 N–H and O–H groups in total. The van der Waals surface area contributed by atoms with Crippen molar-refractivity contribution in [3.05, 3.63) is 34.9 Å². The van der Waals surface area contributed by atoms with Crippen LogP contribution in [0.25, 0.3) is 0 Å². The van der Waals surface area contributed by atoms with Gasteiger partial charge in [-0.2, -0.15) is 0 Å². The third-order valence-corrected chi connectivity index (χ3v) is 6.01. The lowest BCUT2D eigenvalue weighted by Crippen LogP contribution is -2.54. The number of aliphatic hydroxyl groups excluding tert-OH is 1. The number of nitrogens with one attached hydrogen (secondary N) is 1. The Bertz CT molecular complexity index is 954. The molecule has 1 saturated heterocycles. The zero-order valence-corrected chi connectivity index (χ0v) is 21.5. The van der Waals surface area contributed by atoms with Crippen LogP contribution in [0.1, 0.15) is 45.5 Å². The number of benzene rings is 1. The molecule has 0 bridgehead atoms. The Hall–Kier alpha value is -2.74. The Morgan fingerprint density at radius 2 is 1.37 bits per heavy atom. The van der Waals surface area contributed by atoms with Gasteiger partial charge in [-0.05, 0) is 30.9 Å². The maximum absolute atomic E-state index is 13.1. The first-order chi connectivity index (χ1) is 18.5. The van der Waals surface area contributed by atoms with Crippen LogP contribution in [0.2, 0.25) is 0 Å². The predicted molar refractivity (Wildman–Crippen MR) is 133 cm³/mol. The molecule has 2 aliphatic rings. The van der Waals surface area contributed by atoms with Gasteiger partial charge >= 0.3 is 0 Å². The average molecular weight is 537 g/mol. The number of hydrogen-bond acceptors (Lipinski definition) is 10. The van der Waals surface area contributed by atoms with E-state index in [0.717, 1.165) is 10.5 Å². The molecular formula is C26H36N2O10. The van der Waals surface area contributed by atoms with Gasteiger partial charge in [0, 0.05) is 13.0 Å². The van der Waals surface area contributed by atoms with Crippen LogP contribution in [-0.4, -0.2) is 112 Å². The lowest BCUT2D eigenvalue weighted by Gasteiger charge is -2.27. The highest BCUT2D eigenvalue weighted by Gasteiger charge is 2.45. The number of imide groups is 2. The molecule has 210 valence electrons. The Balaban J connectivity index is 1.26. The number of amides is 4. The van der Waals surface area contributed by atoms with Crippen LogP contribution in [0.5, 0.6) is 0 Å². The Morgan fingerprint density at radius 3 is 1.95 bits per heavy atom. The summed E-state index contributed by atoms with van der Waals surface area (Å²) < 4.78 is 26.9. The molecule has 2 aliphatic heterocycles. The topological polar surface area (TPSA) is 150 Å². The summed E-state index contributed by atoms with van der Waals surface area (Å²) in [5.41, 5.74) is 1.34. The molecule has 0 aromatic heterocycles. The molecule has 0 spiro atoms. The third kappa shape index (κ3) is 8.65. The maximum Gasteiger partial charge on any atom is 0.262 e. The second kappa shape index (κ2) is 16.3. The summed E-state index contributed by atoms with van der Waals surface area (Å²) in [4.78, 5) is 50.7. The zero-order valence-electron chi connectivity index (χ0n) is 21.5. The number of carbonyl (C=O) groups excluding carboxylic acids is 4. The average Bonchev–Trinajstić information content (AvgIpc) is 3.16. The van der Waals surface area contributed by atoms with Crippen molar-refractivity contribution >= 4 is 23.6 Å². The SMILES string of the molecule is O=C1CCC(N2C(=O)c3cccc(CCCOCCOCCOCCOCCOCCO)c3C2=O)C(=O)N1. The van der Waals surface area contributed by atoms with Crippen molar-refractivity contribution in [2.45, 2.75) is 31.7 Å². The van der Waals surface area contributed by atoms with Crippen LogP contribution in [0, 0.1) is 0 Å². The summed E-state index contributed by atoms with van der Waals surface area (Å²) in [7, 11) is 0. The van der Waals surface area contributed by atoms with Gasteiger partial charge in [-0.3, -0.25) is 29.4 Å². The lowest BCUT2D eigenvalue weighted by atomic mass is 9.99. The van der Waals surface area contributed by atoms with E-state index in [1.807, 2.05) is 0 Å². The first-order valence-corrected chi connectivity index (χ1v) is 12.9. The van der Waals surface area contributed by atoms with Gasteiger partial charge in [0.05, 0.1) is 77.2 Å². The van der Waals surface area contributed by atoms with Crippen LogP contribution >= 0.6 is 0 Å². The summed E-state index contributed by atoms with van der Waals surface area (Å²) in [6, 6.07) is 4.14. The van der Waals surface area contributed by atoms with Crippen molar-refractivity contribution in [3.63, 3.8) is 0 Å². The molecule has 1 unspecified atom stereocenters. The standard InChI is InChI=1S/C26H36N2O10/c29-8-10-35-12-14-37-16-18-38-17-15-36-13-11-34-9-2-4-19-3-1-5-20-23(19)26(33)28(25(20)32)21-6-7-22(30)27-24(21)31/h1,3,5,21,29H,2,4,6-18H2,(H,27,30,31). The fraction of sp³-hybridized carbons (Fsp3) is 0.615. The van der Waals surface area contributed by atoms with Crippen molar-refractivity contribution in [2.75, 3.05) is 72.7 Å². The van der Waals surface area contributed by atoms with Crippen molar-refractivity contribution in [1.82, 2.24) is 10.2 Å². The molecule has 1 fully saturated rings. The van der Waals surface area contributed by atoms with Crippen molar-refractivity contribution in [3.8, 4) is 0 Å². The number of rotatable bonds is 19. The molecular weight excluding hydrogens is 500 g/mol. The molecule has 38 heavy (non-hydrogen) atoms. The molecule has 1 aromatic rings. The smallest absolute Gasteiger partial charge is 0.262 e. The number of ether oxygens (including phenoxy) is 5. The first kappa shape index (κ1) is 29.8. The molecule has 4 amide bonds. The highest BCUT2D eigenvalue weighted by molar-refractivity contribution is 6.24. The third-order valence-electron chi connectivity index (χ3n) is 6.01. The summed E-state index contributed by atoms with van der Waals surface area (Å²) in [5.74, 6) is -2.02. The second-order valence-corrected chi connectivity index (χ2v) is 8.68. The van der Waals surface area contributed by atoms with E-state index in [4.69, 9.17) is 28.8 Å². The lowest BCUT2D eigenvalue weighted by molar-refractivity contribution is -0.136. The molecule has 12 nitrogen and oxygen atoms in total. The molecule has 0 saturated carbocycles. The molecule has 0 radical (unpaired) electrons. The Labute approximate surface area is 221 Å². The van der Waals surface area contributed by atoms with Gasteiger partial charge in [0.1, 0.15) is 6.04 Å². The van der Waals surface area contributed by atoms with Crippen molar-refractivity contribution in [1.29, 1.82) is 0 Å². The number of carbonyl (C=O) groups is 4. The van der Waals surface area contributed by atoms with Crippen LogP contribution in [0.15, 0.2) is 18.2 Å². The van der Waals surface area contributed by atoms with E-state index in [1.54, 1.807) is 18.2 Å². The monoisotopic (exact) mass is 536 g/mol. The Morgan fingerprint density at radius 1 is 0.789 bits per heavy atom. The quantitative estimate of drug-likeness (QED) is 0.184. The van der Waals surface area contributed by atoms with Crippen molar-refractivity contribution < 1.29 is 48.0 Å². The van der Waals surface area contributed by atoms with E-state index in [-0.39, 0.29) is 25.0 Å². The normalized spacial score (nSPS) is 17.3. The molecule has 1 aromatic carbocycles. The minimum Gasteiger partial charge on any atom is -0.394 e. The number of aliphatic hydroxyl groups is 1. The van der Waals surface area contributed by atoms with E-state index in [0.29, 0.717) is 84.5 Å². The van der Waals surface area contributed by atoms with Crippen molar-refractivity contribution in [2.24, 2.45) is 0 Å². The van der Waals surface area contributed by atoms with E-state index in [9.17, 15) is 19.2 Å². The predicted octanol–water partition coefficient (Wildman–Crippen LogP) is 0.0957. The highest BCUT2D eigenvalue weighted by Crippen LogP contribution is 2.30. The van der Waals surface area contributed by atoms with Gasteiger partial charge in [-0.15, -0.1) is 0 Å². The molecule has 3 rings (SSSR count). The zero-order chi connectivity index (χ0) is 27.2.